The molecule has 0 aliphatic rings. The predicted molar refractivity (Wildman–Crippen MR) is 78.7 cm³/mol. The van der Waals surface area contributed by atoms with Crippen LogP contribution in [0.1, 0.15) is 17.1 Å². The molecule has 2 aromatic rings. The summed E-state index contributed by atoms with van der Waals surface area (Å²) in [6.07, 6.45) is 0. The highest BCUT2D eigenvalue weighted by molar-refractivity contribution is 5.45. The summed E-state index contributed by atoms with van der Waals surface area (Å²) in [5, 5.41) is 3.34. The molecular formula is C16H21NO3. The number of hydrogen-bond acceptors (Lipinski definition) is 4. The molecule has 0 aliphatic heterocycles. The van der Waals surface area contributed by atoms with Gasteiger partial charge in [-0.3, -0.25) is 0 Å². The second kappa shape index (κ2) is 7.72. The highest BCUT2D eigenvalue weighted by Crippen LogP contribution is 2.14. The second-order valence-electron chi connectivity index (χ2n) is 4.61. The number of hydrogen-bond donors (Lipinski definition) is 1. The molecule has 108 valence electrons. The Labute approximate surface area is 119 Å². The van der Waals surface area contributed by atoms with Crippen molar-refractivity contribution in [3.63, 3.8) is 0 Å². The number of furan rings is 1. The molecular weight excluding hydrogens is 254 g/mol. The number of benzene rings is 1. The van der Waals surface area contributed by atoms with E-state index in [1.54, 1.807) is 7.11 Å². The maximum Gasteiger partial charge on any atom is 0.123 e. The smallest absolute Gasteiger partial charge is 0.123 e. The van der Waals surface area contributed by atoms with Gasteiger partial charge < -0.3 is 19.2 Å². The zero-order valence-corrected chi connectivity index (χ0v) is 12.0. The van der Waals surface area contributed by atoms with E-state index < -0.39 is 0 Å². The molecule has 0 fully saturated rings. The third-order valence-electron chi connectivity index (χ3n) is 2.89. The molecule has 0 unspecified atom stereocenters. The average molecular weight is 275 g/mol. The summed E-state index contributed by atoms with van der Waals surface area (Å²) < 4.78 is 16.0. The Kier molecular flexibility index (Phi) is 5.65. The van der Waals surface area contributed by atoms with Gasteiger partial charge in [0.25, 0.3) is 0 Å². The Bertz CT molecular complexity index is 522. The Morgan fingerprint density at radius 3 is 2.80 bits per heavy atom. The van der Waals surface area contributed by atoms with Crippen LogP contribution < -0.4 is 5.32 Å². The number of methoxy groups -OCH3 is 1. The topological polar surface area (TPSA) is 43.6 Å². The molecule has 0 atom stereocenters. The van der Waals surface area contributed by atoms with Crippen LogP contribution in [0, 0.1) is 6.92 Å². The summed E-state index contributed by atoms with van der Waals surface area (Å²) in [6, 6.07) is 12.1. The lowest BCUT2D eigenvalue weighted by Gasteiger charge is -2.08. The highest BCUT2D eigenvalue weighted by atomic mass is 16.5. The SMILES string of the molecule is COCCOCc1cccc(NCc2ccc(C)o2)c1. The Morgan fingerprint density at radius 1 is 1.15 bits per heavy atom. The van der Waals surface area contributed by atoms with Crippen LogP contribution in [0.15, 0.2) is 40.8 Å². The quantitative estimate of drug-likeness (QED) is 0.750. The first-order valence-electron chi connectivity index (χ1n) is 6.73. The van der Waals surface area contributed by atoms with Gasteiger partial charge in [0.2, 0.25) is 0 Å². The summed E-state index contributed by atoms with van der Waals surface area (Å²) in [5.74, 6) is 1.87. The van der Waals surface area contributed by atoms with Crippen LogP contribution in [0.25, 0.3) is 0 Å². The van der Waals surface area contributed by atoms with Crippen molar-refractivity contribution in [3.8, 4) is 0 Å². The number of nitrogens with one attached hydrogen (secondary N) is 1. The van der Waals surface area contributed by atoms with Crippen LogP contribution in [-0.4, -0.2) is 20.3 Å². The maximum absolute atomic E-state index is 5.53. The van der Waals surface area contributed by atoms with E-state index in [4.69, 9.17) is 13.9 Å². The Balaban J connectivity index is 1.82. The monoisotopic (exact) mass is 275 g/mol. The molecule has 0 bridgehead atoms. The molecule has 4 heteroatoms. The van der Waals surface area contributed by atoms with Crippen LogP contribution in [-0.2, 0) is 22.6 Å². The van der Waals surface area contributed by atoms with Crippen LogP contribution in [0.4, 0.5) is 5.69 Å². The minimum atomic E-state index is 0.596. The molecule has 0 radical (unpaired) electrons. The number of anilines is 1. The molecule has 1 aromatic carbocycles. The normalized spacial score (nSPS) is 10.7. The van der Waals surface area contributed by atoms with E-state index in [1.165, 1.54) is 0 Å². The summed E-state index contributed by atoms with van der Waals surface area (Å²) in [6.45, 7) is 4.46. The van der Waals surface area contributed by atoms with Crippen LogP contribution >= 0.6 is 0 Å². The van der Waals surface area contributed by atoms with Gasteiger partial charge in [0.1, 0.15) is 11.5 Å². The fraction of sp³-hybridized carbons (Fsp3) is 0.375. The van der Waals surface area contributed by atoms with Crippen molar-refractivity contribution < 1.29 is 13.9 Å². The van der Waals surface area contributed by atoms with Gasteiger partial charge in [0.15, 0.2) is 0 Å². The molecule has 20 heavy (non-hydrogen) atoms. The maximum atomic E-state index is 5.53. The molecule has 1 aromatic heterocycles. The number of ether oxygens (including phenoxy) is 2. The summed E-state index contributed by atoms with van der Waals surface area (Å²) in [4.78, 5) is 0. The summed E-state index contributed by atoms with van der Waals surface area (Å²) in [5.41, 5.74) is 2.20. The molecule has 2 rings (SSSR count). The van der Waals surface area contributed by atoms with Crippen molar-refractivity contribution in [2.45, 2.75) is 20.1 Å². The Morgan fingerprint density at radius 2 is 2.05 bits per heavy atom. The fourth-order valence-electron chi connectivity index (χ4n) is 1.87. The minimum Gasteiger partial charge on any atom is -0.465 e. The van der Waals surface area contributed by atoms with Gasteiger partial charge >= 0.3 is 0 Å². The molecule has 0 saturated carbocycles. The van der Waals surface area contributed by atoms with E-state index >= 15 is 0 Å². The molecule has 4 nitrogen and oxygen atoms in total. The first-order valence-corrected chi connectivity index (χ1v) is 6.73. The minimum absolute atomic E-state index is 0.596. The van der Waals surface area contributed by atoms with Gasteiger partial charge in [-0.2, -0.15) is 0 Å². The first-order chi connectivity index (χ1) is 9.78. The van der Waals surface area contributed by atoms with Crippen LogP contribution in [0.2, 0.25) is 0 Å². The van der Waals surface area contributed by atoms with Crippen molar-refractivity contribution in [1.29, 1.82) is 0 Å². The van der Waals surface area contributed by atoms with Gasteiger partial charge in [-0.05, 0) is 36.8 Å². The Hall–Kier alpha value is -1.78. The van der Waals surface area contributed by atoms with Crippen molar-refractivity contribution >= 4 is 5.69 Å². The van der Waals surface area contributed by atoms with Crippen molar-refractivity contribution in [3.05, 3.63) is 53.5 Å². The molecule has 0 amide bonds. The van der Waals surface area contributed by atoms with Gasteiger partial charge in [0, 0.05) is 12.8 Å². The predicted octanol–water partition coefficient (Wildman–Crippen LogP) is 3.36. The van der Waals surface area contributed by atoms with Crippen molar-refractivity contribution in [2.75, 3.05) is 25.6 Å². The highest BCUT2D eigenvalue weighted by Gasteiger charge is 2.00. The number of aryl methyl sites for hydroxylation is 1. The largest absolute Gasteiger partial charge is 0.465 e. The van der Waals surface area contributed by atoms with Gasteiger partial charge in [-0.15, -0.1) is 0 Å². The lowest BCUT2D eigenvalue weighted by Crippen LogP contribution is -2.02. The first kappa shape index (κ1) is 14.6. The molecule has 0 aliphatic carbocycles. The lowest BCUT2D eigenvalue weighted by molar-refractivity contribution is 0.0617. The van der Waals surface area contributed by atoms with E-state index in [0.717, 1.165) is 22.8 Å². The van der Waals surface area contributed by atoms with Gasteiger partial charge in [-0.1, -0.05) is 12.1 Å². The zero-order valence-electron chi connectivity index (χ0n) is 12.0. The van der Waals surface area contributed by atoms with Crippen molar-refractivity contribution in [1.82, 2.24) is 0 Å². The van der Waals surface area contributed by atoms with E-state index in [2.05, 4.69) is 17.4 Å². The summed E-state index contributed by atoms with van der Waals surface area (Å²) >= 11 is 0. The fourth-order valence-corrected chi connectivity index (χ4v) is 1.87. The molecule has 1 heterocycles. The molecule has 0 saturated heterocycles. The van der Waals surface area contributed by atoms with Gasteiger partial charge in [0.05, 0.1) is 26.4 Å². The second-order valence-corrected chi connectivity index (χ2v) is 4.61. The zero-order chi connectivity index (χ0) is 14.2. The van der Waals surface area contributed by atoms with E-state index in [1.807, 2.05) is 31.2 Å². The van der Waals surface area contributed by atoms with Crippen molar-refractivity contribution in [2.24, 2.45) is 0 Å². The lowest BCUT2D eigenvalue weighted by atomic mass is 10.2. The average Bonchev–Trinajstić information content (AvgIpc) is 2.88. The standard InChI is InChI=1S/C16H21NO3/c1-13-6-7-16(20-13)11-17-15-5-3-4-14(10-15)12-19-9-8-18-2/h3-7,10,17H,8-9,11-12H2,1-2H3. The third kappa shape index (κ3) is 4.72. The summed E-state index contributed by atoms with van der Waals surface area (Å²) in [7, 11) is 1.67. The van der Waals surface area contributed by atoms with Gasteiger partial charge in [-0.25, -0.2) is 0 Å². The van der Waals surface area contributed by atoms with E-state index in [-0.39, 0.29) is 0 Å². The van der Waals surface area contributed by atoms with E-state index in [0.29, 0.717) is 26.4 Å². The third-order valence-corrected chi connectivity index (χ3v) is 2.89. The van der Waals surface area contributed by atoms with Crippen LogP contribution in [0.3, 0.4) is 0 Å². The van der Waals surface area contributed by atoms with Crippen LogP contribution in [0.5, 0.6) is 0 Å². The number of rotatable bonds is 8. The molecule has 0 spiro atoms. The van der Waals surface area contributed by atoms with E-state index in [9.17, 15) is 0 Å². The molecule has 1 N–H and O–H groups in total.